The summed E-state index contributed by atoms with van der Waals surface area (Å²) in [5.41, 5.74) is 5.59. The van der Waals surface area contributed by atoms with Crippen LogP contribution in [0.1, 0.15) is 13.3 Å². The van der Waals surface area contributed by atoms with Gasteiger partial charge in [0.05, 0.1) is 18.7 Å². The van der Waals surface area contributed by atoms with Crippen molar-refractivity contribution in [2.45, 2.75) is 25.5 Å². The van der Waals surface area contributed by atoms with E-state index in [0.717, 1.165) is 0 Å². The van der Waals surface area contributed by atoms with Gasteiger partial charge in [-0.1, -0.05) is 12.1 Å². The lowest BCUT2D eigenvalue weighted by molar-refractivity contribution is -0.130. The van der Waals surface area contributed by atoms with Crippen molar-refractivity contribution in [1.82, 2.24) is 16.2 Å². The number of nitrogens with one attached hydrogen (secondary N) is 4. The molecular weight excluding hydrogens is 332 g/mol. The van der Waals surface area contributed by atoms with Gasteiger partial charge in [0.2, 0.25) is 5.91 Å². The van der Waals surface area contributed by atoms with Gasteiger partial charge in [-0.25, -0.2) is 0 Å². The second-order valence-electron chi connectivity index (χ2n) is 5.30. The predicted molar refractivity (Wildman–Crippen MR) is 92.5 cm³/mol. The first-order chi connectivity index (χ1) is 11.5. The molecule has 1 aliphatic heterocycles. The number of ether oxygens (including phenoxy) is 2. The molecule has 0 aromatic heterocycles. The Kier molecular flexibility index (Phi) is 6.33. The Hall–Kier alpha value is -2.39. The summed E-state index contributed by atoms with van der Waals surface area (Å²) in [6.07, 6.45) is -1.03. The first-order valence-electron chi connectivity index (χ1n) is 7.40. The van der Waals surface area contributed by atoms with Crippen molar-refractivity contribution in [1.29, 1.82) is 0 Å². The van der Waals surface area contributed by atoms with E-state index in [1.807, 2.05) is 6.92 Å². The van der Waals surface area contributed by atoms with Crippen molar-refractivity contribution in [3.05, 3.63) is 24.3 Å². The Morgan fingerprint density at radius 1 is 1.42 bits per heavy atom. The van der Waals surface area contributed by atoms with Crippen LogP contribution in [0.2, 0.25) is 0 Å². The summed E-state index contributed by atoms with van der Waals surface area (Å²) in [6, 6.07) is 7.04. The summed E-state index contributed by atoms with van der Waals surface area (Å²) in [5.74, 6) is -0.246. The first kappa shape index (κ1) is 18.0. The molecule has 1 aromatic carbocycles. The normalized spacial score (nSPS) is 16.9. The van der Waals surface area contributed by atoms with Crippen LogP contribution in [0.5, 0.6) is 5.75 Å². The molecule has 0 aliphatic carbocycles. The number of carbonyl (C=O) groups is 2. The molecule has 0 radical (unpaired) electrons. The van der Waals surface area contributed by atoms with Crippen molar-refractivity contribution in [3.8, 4) is 5.75 Å². The van der Waals surface area contributed by atoms with Crippen LogP contribution < -0.4 is 26.2 Å². The third-order valence-corrected chi connectivity index (χ3v) is 3.41. The van der Waals surface area contributed by atoms with Gasteiger partial charge in [-0.05, 0) is 31.3 Å². The van der Waals surface area contributed by atoms with Gasteiger partial charge in [0.1, 0.15) is 5.75 Å². The lowest BCUT2D eigenvalue weighted by atomic mass is 10.1. The Morgan fingerprint density at radius 3 is 2.92 bits per heavy atom. The standard InChI is InChI=1S/C15H20N4O4S/c1-9(8-22-2)16-15(24)19-18-13(20)7-12-14(21)17-10-5-3-4-6-11(10)23-12/h3-6,9,12H,7-8H2,1-2H3,(H,17,21)(H,18,20)(H2,16,19,24)/t9-,12+/m0/s1. The van der Waals surface area contributed by atoms with E-state index in [2.05, 4.69) is 21.5 Å². The van der Waals surface area contributed by atoms with Crippen molar-refractivity contribution in [2.24, 2.45) is 0 Å². The smallest absolute Gasteiger partial charge is 0.266 e. The van der Waals surface area contributed by atoms with E-state index in [-0.39, 0.29) is 23.5 Å². The van der Waals surface area contributed by atoms with Crippen LogP contribution >= 0.6 is 12.2 Å². The topological polar surface area (TPSA) is 101 Å². The average molecular weight is 352 g/mol. The van der Waals surface area contributed by atoms with Crippen molar-refractivity contribution in [3.63, 3.8) is 0 Å². The molecule has 0 bridgehead atoms. The van der Waals surface area contributed by atoms with E-state index in [9.17, 15) is 9.59 Å². The summed E-state index contributed by atoms with van der Waals surface area (Å²) in [7, 11) is 1.59. The van der Waals surface area contributed by atoms with Crippen LogP contribution in [0.4, 0.5) is 5.69 Å². The Morgan fingerprint density at radius 2 is 2.17 bits per heavy atom. The number of methoxy groups -OCH3 is 1. The van der Waals surface area contributed by atoms with E-state index >= 15 is 0 Å². The van der Waals surface area contributed by atoms with Crippen LogP contribution in [0.3, 0.4) is 0 Å². The van der Waals surface area contributed by atoms with Crippen LogP contribution in [0.25, 0.3) is 0 Å². The van der Waals surface area contributed by atoms with Crippen LogP contribution in [-0.4, -0.2) is 42.8 Å². The summed E-state index contributed by atoms with van der Waals surface area (Å²) < 4.78 is 10.5. The van der Waals surface area contributed by atoms with Gasteiger partial charge < -0.3 is 20.1 Å². The highest BCUT2D eigenvalue weighted by atomic mass is 32.1. The minimum Gasteiger partial charge on any atom is -0.478 e. The Bertz CT molecular complexity index is 625. The molecular formula is C15H20N4O4S. The number of amides is 2. The first-order valence-corrected chi connectivity index (χ1v) is 7.81. The molecule has 1 aromatic rings. The van der Waals surface area contributed by atoms with E-state index in [0.29, 0.717) is 18.0 Å². The number of anilines is 1. The number of rotatable bonds is 5. The maximum absolute atomic E-state index is 12.0. The van der Waals surface area contributed by atoms with E-state index in [1.165, 1.54) is 0 Å². The number of carbonyl (C=O) groups excluding carboxylic acids is 2. The number of fused-ring (bicyclic) bond motifs is 1. The molecule has 2 amide bonds. The van der Waals surface area contributed by atoms with Crippen LogP contribution in [0.15, 0.2) is 24.3 Å². The van der Waals surface area contributed by atoms with E-state index < -0.39 is 12.0 Å². The second-order valence-corrected chi connectivity index (χ2v) is 5.71. The summed E-state index contributed by atoms with van der Waals surface area (Å²) in [6.45, 7) is 2.36. The zero-order valence-electron chi connectivity index (χ0n) is 13.4. The molecule has 1 heterocycles. The summed E-state index contributed by atoms with van der Waals surface area (Å²) in [4.78, 5) is 23.9. The molecule has 9 heteroatoms. The third kappa shape index (κ3) is 5.07. The quantitative estimate of drug-likeness (QED) is 0.447. The van der Waals surface area contributed by atoms with Gasteiger partial charge in [-0.15, -0.1) is 0 Å². The lowest BCUT2D eigenvalue weighted by Crippen LogP contribution is -2.51. The molecule has 0 spiro atoms. The maximum atomic E-state index is 12.0. The van der Waals surface area contributed by atoms with E-state index in [1.54, 1.807) is 31.4 Å². The molecule has 4 N–H and O–H groups in total. The van der Waals surface area contributed by atoms with Gasteiger partial charge >= 0.3 is 0 Å². The second kappa shape index (κ2) is 8.46. The number of benzene rings is 1. The Labute approximate surface area is 145 Å². The molecule has 24 heavy (non-hydrogen) atoms. The minimum absolute atomic E-state index is 0.00383. The Balaban J connectivity index is 1.78. The third-order valence-electron chi connectivity index (χ3n) is 3.19. The van der Waals surface area contributed by atoms with Crippen LogP contribution in [-0.2, 0) is 14.3 Å². The predicted octanol–water partition coefficient (Wildman–Crippen LogP) is 0.306. The van der Waals surface area contributed by atoms with Gasteiger partial charge in [0, 0.05) is 13.2 Å². The van der Waals surface area contributed by atoms with Crippen molar-refractivity contribution < 1.29 is 19.1 Å². The molecule has 0 saturated heterocycles. The van der Waals surface area contributed by atoms with E-state index in [4.69, 9.17) is 21.7 Å². The average Bonchev–Trinajstić information content (AvgIpc) is 2.54. The lowest BCUT2D eigenvalue weighted by Gasteiger charge is -2.25. The SMILES string of the molecule is COC[C@H](C)NC(=S)NNC(=O)C[C@H]1Oc2ccccc2NC1=O. The molecule has 1 aliphatic rings. The highest BCUT2D eigenvalue weighted by molar-refractivity contribution is 7.80. The molecule has 0 saturated carbocycles. The number of hydrogen-bond donors (Lipinski definition) is 4. The highest BCUT2D eigenvalue weighted by Crippen LogP contribution is 2.29. The number of para-hydroxylation sites is 2. The van der Waals surface area contributed by atoms with Crippen molar-refractivity contribution in [2.75, 3.05) is 19.0 Å². The molecule has 130 valence electrons. The fourth-order valence-corrected chi connectivity index (χ4v) is 2.38. The van der Waals surface area contributed by atoms with Gasteiger partial charge in [0.25, 0.3) is 5.91 Å². The molecule has 2 atom stereocenters. The molecule has 0 fully saturated rings. The number of hydrogen-bond acceptors (Lipinski definition) is 5. The summed E-state index contributed by atoms with van der Waals surface area (Å²) in [5, 5.41) is 5.89. The minimum atomic E-state index is -0.893. The number of thiocarbonyl (C=S) groups is 1. The monoisotopic (exact) mass is 352 g/mol. The highest BCUT2D eigenvalue weighted by Gasteiger charge is 2.29. The molecule has 8 nitrogen and oxygen atoms in total. The zero-order valence-corrected chi connectivity index (χ0v) is 14.2. The number of hydrazine groups is 1. The fraction of sp³-hybridized carbons (Fsp3) is 0.400. The molecule has 2 rings (SSSR count). The maximum Gasteiger partial charge on any atom is 0.266 e. The van der Waals surface area contributed by atoms with Crippen LogP contribution in [0, 0.1) is 0 Å². The zero-order chi connectivity index (χ0) is 17.5. The van der Waals surface area contributed by atoms with Gasteiger partial charge in [0.15, 0.2) is 11.2 Å². The molecule has 0 unspecified atom stereocenters. The van der Waals surface area contributed by atoms with Crippen molar-refractivity contribution >= 4 is 34.8 Å². The van der Waals surface area contributed by atoms with Gasteiger partial charge in [-0.2, -0.15) is 0 Å². The largest absolute Gasteiger partial charge is 0.478 e. The van der Waals surface area contributed by atoms with Gasteiger partial charge in [-0.3, -0.25) is 20.4 Å². The fourth-order valence-electron chi connectivity index (χ4n) is 2.12. The summed E-state index contributed by atoms with van der Waals surface area (Å²) >= 11 is 5.04.